The van der Waals surface area contributed by atoms with Crippen LogP contribution in [0.2, 0.25) is 10.0 Å². The molecule has 3 aromatic carbocycles. The molecule has 2 amide bonds. The Labute approximate surface area is 187 Å². The molecule has 0 unspecified atom stereocenters. The first-order valence-electron chi connectivity index (χ1n) is 8.63. The monoisotopic (exact) mass is 479 g/mol. The molecule has 0 saturated heterocycles. The van der Waals surface area contributed by atoms with Crippen LogP contribution in [0.15, 0.2) is 71.6 Å². The quantitative estimate of drug-likeness (QED) is 0.389. The van der Waals surface area contributed by atoms with Gasteiger partial charge in [0.15, 0.2) is 0 Å². The van der Waals surface area contributed by atoms with E-state index in [0.29, 0.717) is 16.4 Å². The standard InChI is InChI=1S/C20H15Cl2N3O5S/c21-12-1-8-16(9-2-12)31(29,30)25-18-10-3-13(22)11-17(18)19(26)23-14-4-6-15(7-5-14)24-20(27)28/h1-11,24-25H,(H,23,26)(H,27,28). The summed E-state index contributed by atoms with van der Waals surface area (Å²) in [5.74, 6) is -0.616. The molecular weight excluding hydrogens is 465 g/mol. The lowest BCUT2D eigenvalue weighted by Crippen LogP contribution is -2.18. The predicted octanol–water partition coefficient (Wildman–Crippen LogP) is 5.14. The Balaban J connectivity index is 1.84. The molecular formula is C20H15Cl2N3O5S. The maximum absolute atomic E-state index is 12.8. The Kier molecular flexibility index (Phi) is 6.69. The molecule has 3 aromatic rings. The molecule has 0 spiro atoms. The van der Waals surface area contributed by atoms with E-state index in [1.54, 1.807) is 0 Å². The molecule has 4 N–H and O–H groups in total. The van der Waals surface area contributed by atoms with Gasteiger partial charge in [0, 0.05) is 21.4 Å². The summed E-state index contributed by atoms with van der Waals surface area (Å²) >= 11 is 11.8. The Morgan fingerprint density at radius 1 is 0.774 bits per heavy atom. The molecule has 8 nitrogen and oxygen atoms in total. The number of anilines is 3. The number of sulfonamides is 1. The molecule has 0 atom stereocenters. The van der Waals surface area contributed by atoms with Gasteiger partial charge in [-0.15, -0.1) is 0 Å². The normalized spacial score (nSPS) is 10.9. The van der Waals surface area contributed by atoms with Gasteiger partial charge in [-0.05, 0) is 66.7 Å². The average Bonchev–Trinajstić information content (AvgIpc) is 2.70. The van der Waals surface area contributed by atoms with Crippen molar-refractivity contribution < 1.29 is 23.1 Å². The zero-order valence-electron chi connectivity index (χ0n) is 15.6. The van der Waals surface area contributed by atoms with Gasteiger partial charge in [0.25, 0.3) is 15.9 Å². The molecule has 0 aliphatic rings. The van der Waals surface area contributed by atoms with Crippen molar-refractivity contribution in [2.45, 2.75) is 4.90 Å². The topological polar surface area (TPSA) is 125 Å². The highest BCUT2D eigenvalue weighted by Crippen LogP contribution is 2.25. The first-order chi connectivity index (χ1) is 14.6. The van der Waals surface area contributed by atoms with E-state index in [1.165, 1.54) is 66.7 Å². The van der Waals surface area contributed by atoms with Crippen LogP contribution in [0.25, 0.3) is 0 Å². The van der Waals surface area contributed by atoms with E-state index >= 15 is 0 Å². The lowest BCUT2D eigenvalue weighted by molar-refractivity contribution is 0.102. The third-order valence-corrected chi connectivity index (χ3v) is 5.86. The van der Waals surface area contributed by atoms with Crippen LogP contribution < -0.4 is 15.4 Å². The Bertz CT molecular complexity index is 1230. The average molecular weight is 480 g/mol. The number of benzene rings is 3. The molecule has 0 aliphatic heterocycles. The van der Waals surface area contributed by atoms with E-state index in [0.717, 1.165) is 0 Å². The number of hydrogen-bond acceptors (Lipinski definition) is 4. The summed E-state index contributed by atoms with van der Waals surface area (Å²) in [5, 5.41) is 14.1. The van der Waals surface area contributed by atoms with Gasteiger partial charge in [0.2, 0.25) is 0 Å². The summed E-state index contributed by atoms with van der Waals surface area (Å²) < 4.78 is 27.7. The minimum atomic E-state index is -3.98. The van der Waals surface area contributed by atoms with Crippen LogP contribution >= 0.6 is 23.2 Å². The first-order valence-corrected chi connectivity index (χ1v) is 10.9. The molecule has 31 heavy (non-hydrogen) atoms. The van der Waals surface area contributed by atoms with Crippen LogP contribution in [0.3, 0.4) is 0 Å². The van der Waals surface area contributed by atoms with Crippen LogP contribution in [-0.4, -0.2) is 25.5 Å². The Morgan fingerprint density at radius 3 is 1.90 bits per heavy atom. The van der Waals surface area contributed by atoms with Crippen LogP contribution in [-0.2, 0) is 10.0 Å². The van der Waals surface area contributed by atoms with Gasteiger partial charge in [0.05, 0.1) is 16.1 Å². The number of carboxylic acid groups (broad SMARTS) is 1. The van der Waals surface area contributed by atoms with Crippen LogP contribution in [0.5, 0.6) is 0 Å². The molecule has 0 aromatic heterocycles. The van der Waals surface area contributed by atoms with Gasteiger partial charge in [-0.25, -0.2) is 13.2 Å². The van der Waals surface area contributed by atoms with Crippen molar-refractivity contribution in [1.82, 2.24) is 0 Å². The first kappa shape index (κ1) is 22.4. The van der Waals surface area contributed by atoms with E-state index in [9.17, 15) is 18.0 Å². The summed E-state index contributed by atoms with van der Waals surface area (Å²) in [4.78, 5) is 23.4. The zero-order chi connectivity index (χ0) is 22.6. The van der Waals surface area contributed by atoms with Gasteiger partial charge in [-0.2, -0.15) is 0 Å². The largest absolute Gasteiger partial charge is 0.465 e. The highest BCUT2D eigenvalue weighted by atomic mass is 35.5. The lowest BCUT2D eigenvalue weighted by atomic mass is 10.1. The molecule has 0 aliphatic carbocycles. The van der Waals surface area contributed by atoms with Gasteiger partial charge in [-0.3, -0.25) is 14.8 Å². The minimum Gasteiger partial charge on any atom is -0.465 e. The molecule has 3 rings (SSSR count). The summed E-state index contributed by atoms with van der Waals surface area (Å²) in [7, 11) is -3.98. The fourth-order valence-electron chi connectivity index (χ4n) is 2.57. The number of amides is 2. The SMILES string of the molecule is O=C(O)Nc1ccc(NC(=O)c2cc(Cl)ccc2NS(=O)(=O)c2ccc(Cl)cc2)cc1. The van der Waals surface area contributed by atoms with Crippen molar-refractivity contribution in [1.29, 1.82) is 0 Å². The third-order valence-electron chi connectivity index (χ3n) is 3.99. The van der Waals surface area contributed by atoms with Crippen LogP contribution in [0.4, 0.5) is 21.9 Å². The van der Waals surface area contributed by atoms with Crippen molar-refractivity contribution >= 4 is 62.3 Å². The van der Waals surface area contributed by atoms with Crippen molar-refractivity contribution in [2.24, 2.45) is 0 Å². The number of hydrogen-bond donors (Lipinski definition) is 4. The van der Waals surface area contributed by atoms with Crippen LogP contribution in [0.1, 0.15) is 10.4 Å². The predicted molar refractivity (Wildman–Crippen MR) is 120 cm³/mol. The second-order valence-corrected chi connectivity index (χ2v) is 8.77. The lowest BCUT2D eigenvalue weighted by Gasteiger charge is -2.14. The number of carbonyl (C=O) groups excluding carboxylic acids is 1. The van der Waals surface area contributed by atoms with Gasteiger partial charge in [-0.1, -0.05) is 23.2 Å². The van der Waals surface area contributed by atoms with Gasteiger partial charge < -0.3 is 10.4 Å². The molecule has 11 heteroatoms. The summed E-state index contributed by atoms with van der Waals surface area (Å²) in [6, 6.07) is 15.6. The van der Waals surface area contributed by atoms with E-state index in [2.05, 4.69) is 15.4 Å². The number of nitrogens with one attached hydrogen (secondary N) is 3. The van der Waals surface area contributed by atoms with Gasteiger partial charge >= 0.3 is 6.09 Å². The Hall–Kier alpha value is -3.27. The van der Waals surface area contributed by atoms with E-state index in [1.807, 2.05) is 0 Å². The van der Waals surface area contributed by atoms with E-state index in [-0.39, 0.29) is 21.2 Å². The molecule has 0 saturated carbocycles. The smallest absolute Gasteiger partial charge is 0.409 e. The summed E-state index contributed by atoms with van der Waals surface area (Å²) in [5.41, 5.74) is 0.718. The van der Waals surface area contributed by atoms with Crippen molar-refractivity contribution in [3.8, 4) is 0 Å². The second kappa shape index (κ2) is 9.25. The maximum Gasteiger partial charge on any atom is 0.409 e. The summed E-state index contributed by atoms with van der Waals surface area (Å²) in [6.07, 6.45) is -1.21. The molecule has 160 valence electrons. The number of halogens is 2. The van der Waals surface area contributed by atoms with Crippen LogP contribution in [0, 0.1) is 0 Å². The van der Waals surface area contributed by atoms with Crippen molar-refractivity contribution in [3.63, 3.8) is 0 Å². The fourth-order valence-corrected chi connectivity index (χ4v) is 3.95. The highest BCUT2D eigenvalue weighted by Gasteiger charge is 2.19. The third kappa shape index (κ3) is 5.88. The van der Waals surface area contributed by atoms with Gasteiger partial charge in [0.1, 0.15) is 0 Å². The van der Waals surface area contributed by atoms with Crippen molar-refractivity contribution in [3.05, 3.63) is 82.3 Å². The Morgan fingerprint density at radius 2 is 1.32 bits per heavy atom. The number of rotatable bonds is 6. The van der Waals surface area contributed by atoms with Crippen molar-refractivity contribution in [2.75, 3.05) is 15.4 Å². The molecule has 0 fully saturated rings. The molecule has 0 heterocycles. The summed E-state index contributed by atoms with van der Waals surface area (Å²) in [6.45, 7) is 0. The molecule has 0 radical (unpaired) electrons. The van der Waals surface area contributed by atoms with E-state index in [4.69, 9.17) is 28.3 Å². The minimum absolute atomic E-state index is 0.00206. The maximum atomic E-state index is 12.8. The molecule has 0 bridgehead atoms. The second-order valence-electron chi connectivity index (χ2n) is 6.21. The number of carbonyl (C=O) groups is 2. The van der Waals surface area contributed by atoms with E-state index < -0.39 is 22.0 Å². The fraction of sp³-hybridized carbons (Fsp3) is 0. The highest BCUT2D eigenvalue weighted by molar-refractivity contribution is 7.92. The zero-order valence-corrected chi connectivity index (χ0v) is 17.9.